The Morgan fingerprint density at radius 2 is 1.87 bits per heavy atom. The van der Waals surface area contributed by atoms with Crippen LogP contribution >= 0.6 is 0 Å². The monoisotopic (exact) mass is 202 g/mol. The molecule has 0 heterocycles. The minimum atomic E-state index is 0.0286. The van der Waals surface area contributed by atoms with Crippen molar-refractivity contribution in [2.24, 2.45) is 29.1 Å². The lowest BCUT2D eigenvalue weighted by atomic mass is 9.81. The van der Waals surface area contributed by atoms with Crippen molar-refractivity contribution in [3.8, 4) is 0 Å². The average molecular weight is 202 g/mol. The first-order valence-electron chi connectivity index (χ1n) is 5.93. The van der Waals surface area contributed by atoms with Gasteiger partial charge in [0.25, 0.3) is 0 Å². The second-order valence-electron chi connectivity index (χ2n) is 6.25. The van der Waals surface area contributed by atoms with Gasteiger partial charge in [-0.3, -0.25) is 4.79 Å². The number of ketones is 1. The van der Waals surface area contributed by atoms with Crippen molar-refractivity contribution in [3.63, 3.8) is 0 Å². The molecule has 0 amide bonds. The largest absolute Gasteiger partial charge is 0.294 e. The number of hydrogen-bond donors (Lipinski definition) is 0. The fourth-order valence-corrected chi connectivity index (χ4v) is 3.53. The van der Waals surface area contributed by atoms with Gasteiger partial charge in [-0.05, 0) is 35.2 Å². The van der Waals surface area contributed by atoms with E-state index in [2.05, 4.69) is 39.0 Å². The normalized spacial score (nSPS) is 42.3. The summed E-state index contributed by atoms with van der Waals surface area (Å²) in [5.41, 5.74) is 1.11. The predicted molar refractivity (Wildman–Crippen MR) is 60.3 cm³/mol. The Balaban J connectivity index is 1.99. The van der Waals surface area contributed by atoms with Crippen LogP contribution in [0.5, 0.6) is 0 Å². The van der Waals surface area contributed by atoms with E-state index in [1.807, 2.05) is 0 Å². The van der Waals surface area contributed by atoms with Crippen LogP contribution in [0.1, 0.15) is 27.2 Å². The lowest BCUT2D eigenvalue weighted by Gasteiger charge is -2.21. The van der Waals surface area contributed by atoms with Gasteiger partial charge in [0.05, 0.1) is 0 Å². The summed E-state index contributed by atoms with van der Waals surface area (Å²) < 4.78 is 0. The number of carbonyl (C=O) groups excluding carboxylic acids is 1. The second kappa shape index (κ2) is 2.63. The first-order chi connectivity index (χ1) is 6.98. The van der Waals surface area contributed by atoms with Gasteiger partial charge in [0.1, 0.15) is 0 Å². The molecule has 0 saturated heterocycles. The Hall–Kier alpha value is -0.850. The van der Waals surface area contributed by atoms with E-state index in [1.165, 1.54) is 6.42 Å². The summed E-state index contributed by atoms with van der Waals surface area (Å²) in [5.74, 6) is 2.47. The highest BCUT2D eigenvalue weighted by Crippen LogP contribution is 2.54. The third-order valence-corrected chi connectivity index (χ3v) is 4.26. The number of hydrogen-bond acceptors (Lipinski definition) is 1. The zero-order chi connectivity index (χ0) is 10.8. The molecule has 3 rings (SSSR count). The number of allylic oxidation sites excluding steroid dienone is 4. The molecule has 4 atom stereocenters. The summed E-state index contributed by atoms with van der Waals surface area (Å²) in [6.45, 7) is 6.44. The van der Waals surface area contributed by atoms with Gasteiger partial charge in [-0.25, -0.2) is 0 Å². The van der Waals surface area contributed by atoms with Gasteiger partial charge in [-0.15, -0.1) is 0 Å². The minimum Gasteiger partial charge on any atom is -0.294 e. The predicted octanol–water partition coefficient (Wildman–Crippen LogP) is 2.98. The van der Waals surface area contributed by atoms with E-state index in [0.717, 1.165) is 5.57 Å². The van der Waals surface area contributed by atoms with Crippen LogP contribution in [0.15, 0.2) is 23.8 Å². The Morgan fingerprint density at radius 1 is 1.20 bits per heavy atom. The van der Waals surface area contributed by atoms with E-state index >= 15 is 0 Å². The molecule has 3 aliphatic carbocycles. The minimum absolute atomic E-state index is 0.0286. The van der Waals surface area contributed by atoms with Gasteiger partial charge in [0.15, 0.2) is 5.78 Å². The van der Waals surface area contributed by atoms with Crippen LogP contribution in [-0.2, 0) is 4.79 Å². The van der Waals surface area contributed by atoms with Crippen LogP contribution in [0.3, 0.4) is 0 Å². The molecule has 0 aliphatic heterocycles. The van der Waals surface area contributed by atoms with Crippen molar-refractivity contribution >= 4 is 5.78 Å². The molecule has 2 bridgehead atoms. The van der Waals surface area contributed by atoms with Crippen LogP contribution in [0, 0.1) is 29.1 Å². The first-order valence-corrected chi connectivity index (χ1v) is 5.93. The molecule has 0 unspecified atom stereocenters. The van der Waals surface area contributed by atoms with Crippen molar-refractivity contribution < 1.29 is 4.79 Å². The maximum Gasteiger partial charge on any atom is 0.163 e. The molecule has 1 heteroatoms. The van der Waals surface area contributed by atoms with E-state index in [-0.39, 0.29) is 5.41 Å². The van der Waals surface area contributed by atoms with Crippen molar-refractivity contribution in [2.75, 3.05) is 0 Å². The van der Waals surface area contributed by atoms with Crippen LogP contribution in [0.25, 0.3) is 0 Å². The summed E-state index contributed by atoms with van der Waals surface area (Å²) >= 11 is 0. The maximum absolute atomic E-state index is 12.3. The fraction of sp³-hybridized carbons (Fsp3) is 0.643. The molecule has 1 fully saturated rings. The molecular formula is C14H18O. The molecule has 15 heavy (non-hydrogen) atoms. The second-order valence-corrected chi connectivity index (χ2v) is 6.25. The highest BCUT2D eigenvalue weighted by molar-refractivity contribution is 6.01. The SMILES string of the molecule is CC(C)(C)C1=C[C@@H]2[C@H](C1=O)[C@H]1C=C[C@@H]2C1. The third-order valence-electron chi connectivity index (χ3n) is 4.26. The lowest BCUT2D eigenvalue weighted by Crippen LogP contribution is -2.24. The molecule has 0 N–H and O–H groups in total. The van der Waals surface area contributed by atoms with E-state index in [1.54, 1.807) is 0 Å². The quantitative estimate of drug-likeness (QED) is 0.552. The zero-order valence-electron chi connectivity index (χ0n) is 9.66. The maximum atomic E-state index is 12.3. The summed E-state index contributed by atoms with van der Waals surface area (Å²) in [5, 5.41) is 0. The van der Waals surface area contributed by atoms with E-state index in [9.17, 15) is 4.79 Å². The van der Waals surface area contributed by atoms with Crippen molar-refractivity contribution in [2.45, 2.75) is 27.2 Å². The van der Waals surface area contributed by atoms with Crippen LogP contribution in [0.4, 0.5) is 0 Å². The van der Waals surface area contributed by atoms with Gasteiger partial charge >= 0.3 is 0 Å². The first kappa shape index (κ1) is 9.38. The molecule has 1 nitrogen and oxygen atoms in total. The van der Waals surface area contributed by atoms with Gasteiger partial charge < -0.3 is 0 Å². The van der Waals surface area contributed by atoms with Gasteiger partial charge in [-0.1, -0.05) is 39.0 Å². The number of rotatable bonds is 0. The molecule has 0 aromatic carbocycles. The third kappa shape index (κ3) is 1.12. The molecule has 0 spiro atoms. The summed E-state index contributed by atoms with van der Waals surface area (Å²) in [6.07, 6.45) is 8.08. The van der Waals surface area contributed by atoms with Gasteiger partial charge in [0.2, 0.25) is 0 Å². The number of Topliss-reactive ketones (excluding diaryl/α,β-unsaturated/α-hetero) is 1. The highest BCUT2D eigenvalue weighted by Gasteiger charge is 2.52. The van der Waals surface area contributed by atoms with Crippen molar-refractivity contribution in [1.29, 1.82) is 0 Å². The molecular weight excluding hydrogens is 184 g/mol. The number of carbonyl (C=O) groups is 1. The van der Waals surface area contributed by atoms with E-state index in [0.29, 0.717) is 29.5 Å². The van der Waals surface area contributed by atoms with Crippen LogP contribution in [-0.4, -0.2) is 5.78 Å². The Kier molecular flexibility index (Phi) is 1.65. The fourth-order valence-electron chi connectivity index (χ4n) is 3.53. The Labute approximate surface area is 91.2 Å². The van der Waals surface area contributed by atoms with E-state index in [4.69, 9.17) is 0 Å². The summed E-state index contributed by atoms with van der Waals surface area (Å²) in [7, 11) is 0. The van der Waals surface area contributed by atoms with Gasteiger partial charge in [0, 0.05) is 5.92 Å². The molecule has 0 radical (unpaired) electrons. The molecule has 0 aromatic rings. The zero-order valence-corrected chi connectivity index (χ0v) is 9.66. The molecule has 80 valence electrons. The van der Waals surface area contributed by atoms with Gasteiger partial charge in [-0.2, -0.15) is 0 Å². The molecule has 3 aliphatic rings. The lowest BCUT2D eigenvalue weighted by molar-refractivity contribution is -0.120. The van der Waals surface area contributed by atoms with E-state index < -0.39 is 0 Å². The van der Waals surface area contributed by atoms with Crippen molar-refractivity contribution in [3.05, 3.63) is 23.8 Å². The standard InChI is InChI=1S/C14H18O/c1-14(2,3)11-7-10-8-4-5-9(6-8)12(10)13(11)15/h4-5,7-10,12H,6H2,1-3H3/t8-,9+,10+,12-/m1/s1. The Morgan fingerprint density at radius 3 is 2.47 bits per heavy atom. The van der Waals surface area contributed by atoms with Crippen molar-refractivity contribution in [1.82, 2.24) is 0 Å². The molecule has 0 aromatic heterocycles. The summed E-state index contributed by atoms with van der Waals surface area (Å²) in [6, 6.07) is 0. The number of fused-ring (bicyclic) bond motifs is 5. The topological polar surface area (TPSA) is 17.1 Å². The average Bonchev–Trinajstić information content (AvgIpc) is 2.73. The highest BCUT2D eigenvalue weighted by atomic mass is 16.1. The molecule has 1 saturated carbocycles. The van der Waals surface area contributed by atoms with Crippen LogP contribution < -0.4 is 0 Å². The summed E-state index contributed by atoms with van der Waals surface area (Å²) in [4.78, 5) is 12.3. The van der Waals surface area contributed by atoms with Crippen LogP contribution in [0.2, 0.25) is 0 Å². The smallest absolute Gasteiger partial charge is 0.163 e. The Bertz CT molecular complexity index is 381.